The van der Waals surface area contributed by atoms with Gasteiger partial charge in [0.25, 0.3) is 0 Å². The van der Waals surface area contributed by atoms with Gasteiger partial charge in [0.1, 0.15) is 0 Å². The van der Waals surface area contributed by atoms with Crippen molar-refractivity contribution in [1.82, 2.24) is 15.6 Å². The summed E-state index contributed by atoms with van der Waals surface area (Å²) >= 11 is 3.57. The van der Waals surface area contributed by atoms with E-state index >= 15 is 0 Å². The number of aliphatic imine (C=N–C) groups is 1. The summed E-state index contributed by atoms with van der Waals surface area (Å²) in [6.07, 6.45) is 4.22. The lowest BCUT2D eigenvalue weighted by atomic mass is 10.3. The Hall–Kier alpha value is -0.0200. The predicted octanol–water partition coefficient (Wildman–Crippen LogP) is 2.53. The van der Waals surface area contributed by atoms with Crippen molar-refractivity contribution in [2.75, 3.05) is 32.1 Å². The van der Waals surface area contributed by atoms with Crippen molar-refractivity contribution in [3.05, 3.63) is 16.1 Å². The van der Waals surface area contributed by atoms with E-state index in [9.17, 15) is 0 Å². The number of thiazole rings is 1. The molecule has 0 unspecified atom stereocenters. The Bertz CT molecular complexity index is 368. The molecule has 1 heterocycles. The second kappa shape index (κ2) is 11.8. The normalized spacial score (nSPS) is 11.0. The Balaban J connectivity index is 0.00000324. The van der Waals surface area contributed by atoms with Gasteiger partial charge in [-0.3, -0.25) is 4.99 Å². The van der Waals surface area contributed by atoms with Gasteiger partial charge >= 0.3 is 0 Å². The lowest BCUT2D eigenvalue weighted by molar-refractivity contribution is 0.745. The van der Waals surface area contributed by atoms with Gasteiger partial charge in [-0.1, -0.05) is 0 Å². The highest BCUT2D eigenvalue weighted by Gasteiger charge is 1.99. The molecule has 1 aromatic heterocycles. The van der Waals surface area contributed by atoms with Gasteiger partial charge in [-0.25, -0.2) is 4.98 Å². The molecule has 0 atom stereocenters. The van der Waals surface area contributed by atoms with E-state index in [1.807, 2.05) is 18.7 Å². The molecule has 0 aliphatic rings. The Labute approximate surface area is 141 Å². The summed E-state index contributed by atoms with van der Waals surface area (Å²) in [6.45, 7) is 3.92. The van der Waals surface area contributed by atoms with E-state index in [4.69, 9.17) is 0 Å². The first kappa shape index (κ1) is 19.0. The summed E-state index contributed by atoms with van der Waals surface area (Å²) in [5, 5.41) is 9.91. The third kappa shape index (κ3) is 8.69. The van der Waals surface area contributed by atoms with Gasteiger partial charge in [0, 0.05) is 43.4 Å². The average Bonchev–Trinajstić information content (AvgIpc) is 2.78. The molecule has 0 radical (unpaired) electrons. The van der Waals surface area contributed by atoms with Crippen LogP contribution in [0.3, 0.4) is 0 Å². The Kier molecular flexibility index (Phi) is 11.8. The topological polar surface area (TPSA) is 49.3 Å². The first-order valence-corrected chi connectivity index (χ1v) is 8.38. The molecule has 4 nitrogen and oxygen atoms in total. The van der Waals surface area contributed by atoms with Crippen molar-refractivity contribution in [2.24, 2.45) is 4.99 Å². The van der Waals surface area contributed by atoms with Crippen molar-refractivity contribution in [3.63, 3.8) is 0 Å². The lowest BCUT2D eigenvalue weighted by Gasteiger charge is -2.10. The second-order valence-electron chi connectivity index (χ2n) is 3.90. The van der Waals surface area contributed by atoms with Gasteiger partial charge in [0.05, 0.1) is 5.01 Å². The molecule has 0 saturated carbocycles. The number of nitrogens with zero attached hydrogens (tertiary/aromatic N) is 2. The number of nitrogens with one attached hydrogen (secondary N) is 2. The van der Waals surface area contributed by atoms with Crippen LogP contribution in [-0.2, 0) is 6.42 Å². The van der Waals surface area contributed by atoms with Gasteiger partial charge in [-0.05, 0) is 19.6 Å². The highest BCUT2D eigenvalue weighted by Crippen LogP contribution is 2.10. The van der Waals surface area contributed by atoms with Crippen LogP contribution < -0.4 is 10.6 Å². The zero-order valence-corrected chi connectivity index (χ0v) is 15.7. The molecule has 0 aliphatic carbocycles. The van der Waals surface area contributed by atoms with Crippen LogP contribution in [0.4, 0.5) is 0 Å². The molecule has 2 N–H and O–H groups in total. The number of aromatic nitrogens is 1. The van der Waals surface area contributed by atoms with Crippen LogP contribution in [0.25, 0.3) is 0 Å². The minimum Gasteiger partial charge on any atom is -0.356 e. The van der Waals surface area contributed by atoms with Crippen molar-refractivity contribution in [1.29, 1.82) is 0 Å². The van der Waals surface area contributed by atoms with E-state index < -0.39 is 0 Å². The summed E-state index contributed by atoms with van der Waals surface area (Å²) in [4.78, 5) is 8.63. The predicted molar refractivity (Wildman–Crippen MR) is 98.3 cm³/mol. The Morgan fingerprint density at radius 1 is 1.42 bits per heavy atom. The highest BCUT2D eigenvalue weighted by molar-refractivity contribution is 14.0. The van der Waals surface area contributed by atoms with Gasteiger partial charge < -0.3 is 10.6 Å². The van der Waals surface area contributed by atoms with Crippen molar-refractivity contribution in [3.8, 4) is 0 Å². The molecule has 7 heteroatoms. The highest BCUT2D eigenvalue weighted by atomic mass is 127. The number of hydrogen-bond acceptors (Lipinski definition) is 4. The van der Waals surface area contributed by atoms with E-state index in [1.54, 1.807) is 18.4 Å². The van der Waals surface area contributed by atoms with Crippen molar-refractivity contribution in [2.45, 2.75) is 19.8 Å². The fourth-order valence-corrected chi connectivity index (χ4v) is 2.58. The van der Waals surface area contributed by atoms with Crippen LogP contribution in [0.2, 0.25) is 0 Å². The summed E-state index contributed by atoms with van der Waals surface area (Å²) in [7, 11) is 1.80. The lowest BCUT2D eigenvalue weighted by Crippen LogP contribution is -2.38. The van der Waals surface area contributed by atoms with Gasteiger partial charge in [-0.15, -0.1) is 35.3 Å². The molecule has 0 aromatic carbocycles. The zero-order chi connectivity index (χ0) is 13.2. The van der Waals surface area contributed by atoms with Gasteiger partial charge in [-0.2, -0.15) is 11.8 Å². The fraction of sp³-hybridized carbons (Fsp3) is 0.667. The summed E-state index contributed by atoms with van der Waals surface area (Å²) < 4.78 is 0. The molecule has 0 amide bonds. The van der Waals surface area contributed by atoms with E-state index in [0.717, 1.165) is 43.3 Å². The first-order valence-electron chi connectivity index (χ1n) is 6.10. The van der Waals surface area contributed by atoms with E-state index in [1.165, 1.54) is 5.01 Å². The molecule has 0 spiro atoms. The van der Waals surface area contributed by atoms with E-state index in [-0.39, 0.29) is 24.0 Å². The van der Waals surface area contributed by atoms with Crippen LogP contribution in [-0.4, -0.2) is 43.1 Å². The molecule has 19 heavy (non-hydrogen) atoms. The number of rotatable bonds is 7. The SMILES string of the molecule is CN=C(NCCCc1nc(C)cs1)NCCSC.I. The van der Waals surface area contributed by atoms with Crippen molar-refractivity contribution >= 4 is 53.0 Å². The number of halogens is 1. The molecular weight excluding hydrogens is 391 g/mol. The van der Waals surface area contributed by atoms with E-state index in [2.05, 4.69) is 32.2 Å². The van der Waals surface area contributed by atoms with Crippen LogP contribution in [0, 0.1) is 6.92 Å². The number of hydrogen-bond donors (Lipinski definition) is 2. The first-order chi connectivity index (χ1) is 8.76. The number of guanidine groups is 1. The maximum Gasteiger partial charge on any atom is 0.191 e. The molecule has 0 fully saturated rings. The van der Waals surface area contributed by atoms with Gasteiger partial charge in [0.15, 0.2) is 5.96 Å². The Morgan fingerprint density at radius 2 is 2.16 bits per heavy atom. The van der Waals surface area contributed by atoms with Gasteiger partial charge in [0.2, 0.25) is 0 Å². The summed E-state index contributed by atoms with van der Waals surface area (Å²) in [6, 6.07) is 0. The van der Waals surface area contributed by atoms with Crippen LogP contribution in [0.1, 0.15) is 17.1 Å². The molecule has 1 aromatic rings. The fourth-order valence-electron chi connectivity index (χ4n) is 1.46. The monoisotopic (exact) mass is 414 g/mol. The molecular formula is C12H23IN4S2. The molecule has 110 valence electrons. The maximum atomic E-state index is 4.45. The largest absolute Gasteiger partial charge is 0.356 e. The van der Waals surface area contributed by atoms with Crippen LogP contribution in [0.5, 0.6) is 0 Å². The third-order valence-electron chi connectivity index (χ3n) is 2.35. The number of thioether (sulfide) groups is 1. The molecule has 1 rings (SSSR count). The van der Waals surface area contributed by atoms with E-state index in [0.29, 0.717) is 0 Å². The standard InChI is InChI=1S/C12H22N4S2.HI/c1-10-9-18-11(16-10)5-4-6-14-12(13-2)15-7-8-17-3;/h9H,4-8H2,1-3H3,(H2,13,14,15);1H. The third-order valence-corrected chi connectivity index (χ3v) is 3.99. The summed E-state index contributed by atoms with van der Waals surface area (Å²) in [5.41, 5.74) is 1.12. The molecule has 0 aliphatic heterocycles. The minimum atomic E-state index is 0. The molecule has 0 saturated heterocycles. The zero-order valence-electron chi connectivity index (χ0n) is 11.7. The Morgan fingerprint density at radius 3 is 2.74 bits per heavy atom. The minimum absolute atomic E-state index is 0. The van der Waals surface area contributed by atoms with Crippen molar-refractivity contribution < 1.29 is 0 Å². The van der Waals surface area contributed by atoms with Crippen LogP contribution >= 0.6 is 47.1 Å². The maximum absolute atomic E-state index is 4.45. The summed E-state index contributed by atoms with van der Waals surface area (Å²) in [5.74, 6) is 1.98. The number of aryl methyl sites for hydroxylation is 2. The molecule has 0 bridgehead atoms. The smallest absolute Gasteiger partial charge is 0.191 e. The quantitative estimate of drug-likeness (QED) is 0.312. The van der Waals surface area contributed by atoms with Crippen LogP contribution in [0.15, 0.2) is 10.4 Å². The second-order valence-corrected chi connectivity index (χ2v) is 5.83. The average molecular weight is 414 g/mol.